The van der Waals surface area contributed by atoms with Crippen LogP contribution in [0.5, 0.6) is 0 Å². The monoisotopic (exact) mass is 384 g/mol. The fourth-order valence-electron chi connectivity index (χ4n) is 2.46. The Morgan fingerprint density at radius 3 is 2.56 bits per heavy atom. The van der Waals surface area contributed by atoms with E-state index in [4.69, 9.17) is 4.74 Å². The van der Waals surface area contributed by atoms with Gasteiger partial charge in [-0.2, -0.15) is 4.31 Å². The quantitative estimate of drug-likeness (QED) is 0.854. The molecule has 0 spiro atoms. The lowest BCUT2D eigenvalue weighted by Gasteiger charge is -2.26. The van der Waals surface area contributed by atoms with Gasteiger partial charge in [0.1, 0.15) is 15.6 Å². The minimum Gasteiger partial charge on any atom is -0.379 e. The third kappa shape index (κ3) is 4.06. The van der Waals surface area contributed by atoms with Gasteiger partial charge in [-0.15, -0.1) is 11.3 Å². The molecule has 1 aromatic heterocycles. The number of carbonyl (C=O) groups excluding carboxylic acids is 1. The molecular formula is C16H17FN2O4S2. The second-order valence-electron chi connectivity index (χ2n) is 5.44. The maximum absolute atomic E-state index is 12.9. The average Bonchev–Trinajstić information content (AvgIpc) is 3.12. The SMILES string of the molecule is O=C(NCc1ccc(F)cc1)c1sccc1S(=O)(=O)N1CCOCC1. The second kappa shape index (κ2) is 7.61. The fourth-order valence-corrected chi connectivity index (χ4v) is 5.18. The number of sulfonamides is 1. The van der Waals surface area contributed by atoms with Crippen LogP contribution in [0, 0.1) is 5.82 Å². The van der Waals surface area contributed by atoms with Crippen molar-refractivity contribution in [3.05, 3.63) is 52.0 Å². The van der Waals surface area contributed by atoms with E-state index in [1.54, 1.807) is 17.5 Å². The zero-order chi connectivity index (χ0) is 17.9. The molecule has 0 aliphatic carbocycles. The number of amides is 1. The molecule has 1 aliphatic heterocycles. The number of halogens is 1. The first-order chi connectivity index (χ1) is 12.0. The highest BCUT2D eigenvalue weighted by molar-refractivity contribution is 7.89. The Labute approximate surface area is 149 Å². The fraction of sp³-hybridized carbons (Fsp3) is 0.312. The van der Waals surface area contributed by atoms with Crippen LogP contribution in [-0.2, 0) is 21.3 Å². The molecule has 9 heteroatoms. The molecule has 2 heterocycles. The van der Waals surface area contributed by atoms with E-state index in [2.05, 4.69) is 5.32 Å². The highest BCUT2D eigenvalue weighted by Crippen LogP contribution is 2.26. The number of nitrogens with zero attached hydrogens (tertiary/aromatic N) is 1. The molecule has 1 fully saturated rings. The lowest BCUT2D eigenvalue weighted by atomic mass is 10.2. The third-order valence-electron chi connectivity index (χ3n) is 3.79. The number of rotatable bonds is 5. The second-order valence-corrected chi connectivity index (χ2v) is 8.26. The zero-order valence-corrected chi connectivity index (χ0v) is 14.9. The average molecular weight is 384 g/mol. The van der Waals surface area contributed by atoms with E-state index in [1.165, 1.54) is 22.5 Å². The largest absolute Gasteiger partial charge is 0.379 e. The number of carbonyl (C=O) groups is 1. The number of hydrogen-bond donors (Lipinski definition) is 1. The van der Waals surface area contributed by atoms with Crippen LogP contribution in [0.15, 0.2) is 40.6 Å². The molecule has 1 aromatic carbocycles. The van der Waals surface area contributed by atoms with Crippen molar-refractivity contribution >= 4 is 27.3 Å². The van der Waals surface area contributed by atoms with Crippen LogP contribution < -0.4 is 5.32 Å². The normalized spacial score (nSPS) is 15.9. The number of benzene rings is 1. The number of nitrogens with one attached hydrogen (secondary N) is 1. The maximum atomic E-state index is 12.9. The number of ether oxygens (including phenoxy) is 1. The summed E-state index contributed by atoms with van der Waals surface area (Å²) in [5, 5.41) is 4.26. The number of hydrogen-bond acceptors (Lipinski definition) is 5. The molecule has 6 nitrogen and oxygen atoms in total. The molecule has 134 valence electrons. The smallest absolute Gasteiger partial charge is 0.263 e. The molecule has 0 bridgehead atoms. The van der Waals surface area contributed by atoms with Gasteiger partial charge in [-0.25, -0.2) is 12.8 Å². The predicted octanol–water partition coefficient (Wildman–Crippen LogP) is 1.84. The molecule has 0 saturated carbocycles. The topological polar surface area (TPSA) is 75.7 Å². The van der Waals surface area contributed by atoms with Crippen molar-refractivity contribution in [2.24, 2.45) is 0 Å². The van der Waals surface area contributed by atoms with Crippen molar-refractivity contribution in [2.75, 3.05) is 26.3 Å². The summed E-state index contributed by atoms with van der Waals surface area (Å²) in [4.78, 5) is 12.6. The zero-order valence-electron chi connectivity index (χ0n) is 13.3. The summed E-state index contributed by atoms with van der Waals surface area (Å²) in [6, 6.07) is 7.19. The van der Waals surface area contributed by atoms with Gasteiger partial charge in [0.25, 0.3) is 5.91 Å². The van der Waals surface area contributed by atoms with E-state index in [-0.39, 0.29) is 35.2 Å². The van der Waals surface area contributed by atoms with E-state index in [1.807, 2.05) is 0 Å². The first-order valence-electron chi connectivity index (χ1n) is 7.66. The summed E-state index contributed by atoms with van der Waals surface area (Å²) in [5.74, 6) is -0.821. The summed E-state index contributed by atoms with van der Waals surface area (Å²) >= 11 is 1.08. The summed E-state index contributed by atoms with van der Waals surface area (Å²) in [6.45, 7) is 1.42. The summed E-state index contributed by atoms with van der Waals surface area (Å²) < 4.78 is 44.9. The van der Waals surface area contributed by atoms with Crippen molar-refractivity contribution in [3.63, 3.8) is 0 Å². The van der Waals surface area contributed by atoms with Crippen LogP contribution in [0.3, 0.4) is 0 Å². The first kappa shape index (κ1) is 18.0. The van der Waals surface area contributed by atoms with Gasteiger partial charge in [0.15, 0.2) is 0 Å². The number of morpholine rings is 1. The molecule has 1 aliphatic rings. The molecule has 0 unspecified atom stereocenters. The van der Waals surface area contributed by atoms with E-state index in [0.29, 0.717) is 13.2 Å². The summed E-state index contributed by atoms with van der Waals surface area (Å²) in [5.41, 5.74) is 0.726. The minimum atomic E-state index is -3.73. The molecule has 3 rings (SSSR count). The Morgan fingerprint density at radius 1 is 1.20 bits per heavy atom. The molecule has 2 aromatic rings. The predicted molar refractivity (Wildman–Crippen MR) is 91.5 cm³/mol. The first-order valence-corrected chi connectivity index (χ1v) is 9.98. The molecular weight excluding hydrogens is 367 g/mol. The number of thiophene rings is 1. The van der Waals surface area contributed by atoms with Gasteiger partial charge in [0.2, 0.25) is 10.0 Å². The Morgan fingerprint density at radius 2 is 1.88 bits per heavy atom. The van der Waals surface area contributed by atoms with Crippen LogP contribution in [0.2, 0.25) is 0 Å². The Hall–Kier alpha value is -1.81. The van der Waals surface area contributed by atoms with E-state index in [0.717, 1.165) is 16.9 Å². The van der Waals surface area contributed by atoms with Crippen LogP contribution in [-0.4, -0.2) is 44.9 Å². The molecule has 25 heavy (non-hydrogen) atoms. The van der Waals surface area contributed by atoms with Gasteiger partial charge in [0, 0.05) is 19.6 Å². The maximum Gasteiger partial charge on any atom is 0.263 e. The Kier molecular flexibility index (Phi) is 5.48. The van der Waals surface area contributed by atoms with Crippen molar-refractivity contribution < 1.29 is 22.3 Å². The Balaban J connectivity index is 1.74. The van der Waals surface area contributed by atoms with Crippen LogP contribution in [0.1, 0.15) is 15.2 Å². The van der Waals surface area contributed by atoms with Crippen molar-refractivity contribution in [1.29, 1.82) is 0 Å². The van der Waals surface area contributed by atoms with Gasteiger partial charge in [-0.3, -0.25) is 4.79 Å². The van der Waals surface area contributed by atoms with Gasteiger partial charge in [-0.05, 0) is 29.1 Å². The van der Waals surface area contributed by atoms with E-state index < -0.39 is 15.9 Å². The van der Waals surface area contributed by atoms with E-state index >= 15 is 0 Å². The van der Waals surface area contributed by atoms with Gasteiger partial charge in [0.05, 0.1) is 13.2 Å². The standard InChI is InChI=1S/C16H17FN2O4S2/c17-13-3-1-12(2-4-13)11-18-16(20)15-14(5-10-24-15)25(21,22)19-6-8-23-9-7-19/h1-5,10H,6-9,11H2,(H,18,20). The van der Waals surface area contributed by atoms with Gasteiger partial charge < -0.3 is 10.1 Å². The van der Waals surface area contributed by atoms with Crippen molar-refractivity contribution in [3.8, 4) is 0 Å². The highest BCUT2D eigenvalue weighted by Gasteiger charge is 2.31. The van der Waals surface area contributed by atoms with Crippen LogP contribution >= 0.6 is 11.3 Å². The van der Waals surface area contributed by atoms with Gasteiger partial charge in [-0.1, -0.05) is 12.1 Å². The van der Waals surface area contributed by atoms with Gasteiger partial charge >= 0.3 is 0 Å². The summed E-state index contributed by atoms with van der Waals surface area (Å²) in [6.07, 6.45) is 0. The molecule has 0 atom stereocenters. The third-order valence-corrected chi connectivity index (χ3v) is 6.77. The van der Waals surface area contributed by atoms with Crippen LogP contribution in [0.25, 0.3) is 0 Å². The summed E-state index contributed by atoms with van der Waals surface area (Å²) in [7, 11) is -3.73. The molecule has 1 N–H and O–H groups in total. The lowest BCUT2D eigenvalue weighted by molar-refractivity contribution is 0.0730. The molecule has 1 saturated heterocycles. The highest BCUT2D eigenvalue weighted by atomic mass is 32.2. The van der Waals surface area contributed by atoms with Crippen molar-refractivity contribution in [2.45, 2.75) is 11.4 Å². The Bertz CT molecular complexity index is 843. The van der Waals surface area contributed by atoms with E-state index in [9.17, 15) is 17.6 Å². The molecule has 1 amide bonds. The molecule has 0 radical (unpaired) electrons. The lowest BCUT2D eigenvalue weighted by Crippen LogP contribution is -2.41. The minimum absolute atomic E-state index is 0.0102. The van der Waals surface area contributed by atoms with Crippen molar-refractivity contribution in [1.82, 2.24) is 9.62 Å². The van der Waals surface area contributed by atoms with Crippen LogP contribution in [0.4, 0.5) is 4.39 Å².